The molecule has 7 nitrogen and oxygen atoms in total. The molecule has 1 aliphatic heterocycles. The van der Waals surface area contributed by atoms with Crippen LogP contribution in [0, 0.1) is 18.6 Å². The minimum atomic E-state index is -1.46. The molecule has 3 atom stereocenters. The summed E-state index contributed by atoms with van der Waals surface area (Å²) in [4.78, 5) is 30.6. The van der Waals surface area contributed by atoms with Crippen molar-refractivity contribution in [3.8, 4) is 0 Å². The number of nitrogens with zero attached hydrogens (tertiary/aromatic N) is 2. The standard InChI is InChI=1S/C34H41F2N3O4/c1-4-11-38(12-5-2)34(43)26-15-22(3)14-25(19-26)33(42)37-29(18-23-16-27(35)20-28(36)17-23)32(41)31(40)21-39-13-10-24-8-6-7-9-30(24)39/h6-9,14-17,19-20,29,31-32,40-41H,4-5,10-13,18,21H2,1-3H3,(H,37,42)/t29-,31+,32+/m0/s1. The van der Waals surface area contributed by atoms with Gasteiger partial charge in [-0.15, -0.1) is 0 Å². The number of hydrogen-bond acceptors (Lipinski definition) is 5. The molecular formula is C34H41F2N3O4. The number of nitrogens with one attached hydrogen (secondary N) is 1. The number of halogens is 2. The van der Waals surface area contributed by atoms with Crippen LogP contribution < -0.4 is 10.2 Å². The Bertz CT molecular complexity index is 1410. The molecule has 0 aliphatic carbocycles. The summed E-state index contributed by atoms with van der Waals surface area (Å²) in [6.45, 7) is 7.76. The molecule has 0 saturated heterocycles. The third-order valence-corrected chi connectivity index (χ3v) is 7.75. The fourth-order valence-corrected chi connectivity index (χ4v) is 5.76. The van der Waals surface area contributed by atoms with Gasteiger partial charge in [0.1, 0.15) is 17.7 Å². The molecule has 0 saturated carbocycles. The van der Waals surface area contributed by atoms with E-state index in [-0.39, 0.29) is 30.0 Å². The maximum atomic E-state index is 14.0. The van der Waals surface area contributed by atoms with Crippen LogP contribution in [-0.4, -0.2) is 71.4 Å². The van der Waals surface area contributed by atoms with E-state index < -0.39 is 35.8 Å². The van der Waals surface area contributed by atoms with Crippen LogP contribution in [0.1, 0.15) is 64.1 Å². The van der Waals surface area contributed by atoms with Gasteiger partial charge in [0.15, 0.2) is 0 Å². The Balaban J connectivity index is 1.58. The van der Waals surface area contributed by atoms with Gasteiger partial charge >= 0.3 is 0 Å². The highest BCUT2D eigenvalue weighted by Crippen LogP contribution is 2.28. The van der Waals surface area contributed by atoms with Gasteiger partial charge in [-0.05, 0) is 85.7 Å². The summed E-state index contributed by atoms with van der Waals surface area (Å²) in [6, 6.07) is 14.7. The Morgan fingerprint density at radius 3 is 2.28 bits per heavy atom. The molecule has 1 aliphatic rings. The van der Waals surface area contributed by atoms with Gasteiger partial charge in [-0.2, -0.15) is 0 Å². The van der Waals surface area contributed by atoms with Gasteiger partial charge in [0.2, 0.25) is 0 Å². The fourth-order valence-electron chi connectivity index (χ4n) is 5.76. The quantitative estimate of drug-likeness (QED) is 0.268. The largest absolute Gasteiger partial charge is 0.388 e. The molecule has 0 bridgehead atoms. The molecule has 3 aromatic rings. The number of aliphatic hydroxyl groups excluding tert-OH is 2. The van der Waals surface area contributed by atoms with E-state index in [1.165, 1.54) is 6.07 Å². The van der Waals surface area contributed by atoms with Crippen LogP contribution in [0.4, 0.5) is 14.5 Å². The molecule has 0 radical (unpaired) electrons. The number of anilines is 1. The van der Waals surface area contributed by atoms with Gasteiger partial charge < -0.3 is 25.3 Å². The van der Waals surface area contributed by atoms with Gasteiger partial charge in [0.25, 0.3) is 11.8 Å². The monoisotopic (exact) mass is 593 g/mol. The minimum Gasteiger partial charge on any atom is -0.388 e. The van der Waals surface area contributed by atoms with E-state index in [0.717, 1.165) is 48.7 Å². The first-order chi connectivity index (χ1) is 20.6. The average molecular weight is 594 g/mol. The van der Waals surface area contributed by atoms with E-state index >= 15 is 0 Å². The predicted molar refractivity (Wildman–Crippen MR) is 163 cm³/mol. The first kappa shape index (κ1) is 32.1. The summed E-state index contributed by atoms with van der Waals surface area (Å²) >= 11 is 0. The van der Waals surface area contributed by atoms with Gasteiger partial charge in [0.05, 0.1) is 12.1 Å². The van der Waals surface area contributed by atoms with Gasteiger partial charge in [-0.3, -0.25) is 9.59 Å². The third kappa shape index (κ3) is 8.18. The SMILES string of the molecule is CCCN(CCC)C(=O)c1cc(C)cc(C(=O)N[C@@H](Cc2cc(F)cc(F)c2)[C@@H](O)[C@H](O)CN2CCc3ccccc32)c1. The number of carbonyl (C=O) groups is 2. The molecule has 0 fully saturated rings. The van der Waals surface area contributed by atoms with E-state index in [4.69, 9.17) is 0 Å². The lowest BCUT2D eigenvalue weighted by atomic mass is 9.96. The van der Waals surface area contributed by atoms with Crippen molar-refractivity contribution in [2.75, 3.05) is 31.1 Å². The molecule has 2 amide bonds. The number of fused-ring (bicyclic) bond motifs is 1. The van der Waals surface area contributed by atoms with Crippen LogP contribution in [0.3, 0.4) is 0 Å². The molecule has 0 aromatic heterocycles. The summed E-state index contributed by atoms with van der Waals surface area (Å²) in [6.07, 6.45) is -0.454. The summed E-state index contributed by atoms with van der Waals surface area (Å²) in [5, 5.41) is 25.2. The number of β-amino-alcohol motifs (C(OH)–C–C–N with tert-alkyl or cyclic N) is 1. The van der Waals surface area contributed by atoms with Crippen LogP contribution in [0.25, 0.3) is 0 Å². The van der Waals surface area contributed by atoms with Gasteiger partial charge in [0, 0.05) is 49.1 Å². The lowest BCUT2D eigenvalue weighted by Crippen LogP contribution is -2.52. The Kier molecular flexibility index (Phi) is 10.9. The highest BCUT2D eigenvalue weighted by Gasteiger charge is 2.32. The maximum Gasteiger partial charge on any atom is 0.253 e. The topological polar surface area (TPSA) is 93.1 Å². The van der Waals surface area contributed by atoms with E-state index in [9.17, 15) is 28.6 Å². The van der Waals surface area contributed by atoms with Crippen LogP contribution in [0.2, 0.25) is 0 Å². The lowest BCUT2D eigenvalue weighted by Gasteiger charge is -2.31. The van der Waals surface area contributed by atoms with Crippen LogP contribution >= 0.6 is 0 Å². The molecule has 1 heterocycles. The molecule has 4 rings (SSSR count). The molecule has 9 heteroatoms. The van der Waals surface area contributed by atoms with E-state index in [0.29, 0.717) is 30.8 Å². The summed E-state index contributed by atoms with van der Waals surface area (Å²) in [5.74, 6) is -2.31. The van der Waals surface area contributed by atoms with Crippen molar-refractivity contribution >= 4 is 17.5 Å². The van der Waals surface area contributed by atoms with Crippen LogP contribution in [-0.2, 0) is 12.8 Å². The van der Waals surface area contributed by atoms with Crippen LogP contribution in [0.5, 0.6) is 0 Å². The minimum absolute atomic E-state index is 0.107. The molecule has 0 spiro atoms. The Morgan fingerprint density at radius 2 is 1.60 bits per heavy atom. The maximum absolute atomic E-state index is 14.0. The van der Waals surface area contributed by atoms with Crippen molar-refractivity contribution in [1.29, 1.82) is 0 Å². The molecular weight excluding hydrogens is 552 g/mol. The first-order valence-electron chi connectivity index (χ1n) is 14.9. The highest BCUT2D eigenvalue weighted by molar-refractivity contribution is 6.00. The molecule has 43 heavy (non-hydrogen) atoms. The third-order valence-electron chi connectivity index (χ3n) is 7.75. The summed E-state index contributed by atoms with van der Waals surface area (Å²) < 4.78 is 28.1. The van der Waals surface area contributed by atoms with Gasteiger partial charge in [-0.1, -0.05) is 32.0 Å². The smallest absolute Gasteiger partial charge is 0.253 e. The molecule has 3 N–H and O–H groups in total. The predicted octanol–water partition coefficient (Wildman–Crippen LogP) is 4.66. The zero-order valence-corrected chi connectivity index (χ0v) is 25.0. The second-order valence-electron chi connectivity index (χ2n) is 11.3. The normalized spacial score (nSPS) is 14.6. The average Bonchev–Trinajstić information content (AvgIpc) is 3.37. The molecule has 230 valence electrons. The Labute approximate surface area is 252 Å². The number of aryl methyl sites for hydroxylation is 1. The number of aliphatic hydroxyl groups is 2. The number of amides is 2. The van der Waals surface area contributed by atoms with Gasteiger partial charge in [-0.25, -0.2) is 8.78 Å². The van der Waals surface area contributed by atoms with E-state index in [1.807, 2.05) is 43.0 Å². The summed E-state index contributed by atoms with van der Waals surface area (Å²) in [5.41, 5.74) is 3.63. The number of rotatable bonds is 13. The van der Waals surface area contributed by atoms with Crippen molar-refractivity contribution in [3.63, 3.8) is 0 Å². The summed E-state index contributed by atoms with van der Waals surface area (Å²) in [7, 11) is 0. The highest BCUT2D eigenvalue weighted by atomic mass is 19.1. The molecule has 0 unspecified atom stereocenters. The zero-order valence-electron chi connectivity index (χ0n) is 25.0. The number of para-hydroxylation sites is 1. The van der Waals surface area contributed by atoms with E-state index in [1.54, 1.807) is 24.0 Å². The van der Waals surface area contributed by atoms with Crippen molar-refractivity contribution in [1.82, 2.24) is 10.2 Å². The second kappa shape index (κ2) is 14.6. The Hall–Kier alpha value is -3.82. The Morgan fingerprint density at radius 1 is 0.953 bits per heavy atom. The van der Waals surface area contributed by atoms with Crippen molar-refractivity contribution in [2.45, 2.75) is 64.7 Å². The lowest BCUT2D eigenvalue weighted by molar-refractivity contribution is 0.00123. The fraction of sp³-hybridized carbons (Fsp3) is 0.412. The van der Waals surface area contributed by atoms with Crippen LogP contribution in [0.15, 0.2) is 60.7 Å². The van der Waals surface area contributed by atoms with Crippen molar-refractivity contribution in [3.05, 3.63) is 100 Å². The number of benzene rings is 3. The molecule has 3 aromatic carbocycles. The number of hydrogen-bond donors (Lipinski definition) is 3. The van der Waals surface area contributed by atoms with Crippen molar-refractivity contribution < 1.29 is 28.6 Å². The first-order valence-corrected chi connectivity index (χ1v) is 14.9. The van der Waals surface area contributed by atoms with E-state index in [2.05, 4.69) is 5.32 Å². The number of carbonyl (C=O) groups excluding carboxylic acids is 2. The zero-order chi connectivity index (χ0) is 31.1. The second-order valence-corrected chi connectivity index (χ2v) is 11.3. The van der Waals surface area contributed by atoms with Crippen molar-refractivity contribution in [2.24, 2.45) is 0 Å².